The molecular formula is C9H9BrInO2. The summed E-state index contributed by atoms with van der Waals surface area (Å²) in [6.45, 7) is 0. The fourth-order valence-corrected chi connectivity index (χ4v) is 4.78. The number of rotatable bonds is 3. The zero-order chi connectivity index (χ0) is 9.68. The molecule has 0 bridgehead atoms. The van der Waals surface area contributed by atoms with Gasteiger partial charge in [0.05, 0.1) is 0 Å². The van der Waals surface area contributed by atoms with Crippen LogP contribution in [0, 0.1) is 0 Å². The van der Waals surface area contributed by atoms with Crippen LogP contribution in [0.25, 0.3) is 0 Å². The van der Waals surface area contributed by atoms with E-state index in [1.165, 1.54) is 12.7 Å². The number of hydrogen-bond donors (Lipinski definition) is 0. The molecule has 67 valence electrons. The molecule has 0 aliphatic rings. The van der Waals surface area contributed by atoms with Gasteiger partial charge in [0.15, 0.2) is 0 Å². The summed E-state index contributed by atoms with van der Waals surface area (Å²) in [6, 6.07) is 7.59. The van der Waals surface area contributed by atoms with Gasteiger partial charge in [-0.3, -0.25) is 0 Å². The van der Waals surface area contributed by atoms with Gasteiger partial charge in [0.2, 0.25) is 0 Å². The molecule has 0 spiro atoms. The van der Waals surface area contributed by atoms with Gasteiger partial charge in [0, 0.05) is 0 Å². The third-order valence-corrected chi connectivity index (χ3v) is 5.65. The van der Waals surface area contributed by atoms with Crippen LogP contribution in [0.2, 0.25) is 0 Å². The molecule has 0 fully saturated rings. The molecule has 0 amide bonds. The number of hydrogen-bond acceptors (Lipinski definition) is 2. The molecule has 0 saturated heterocycles. The number of carbonyl (C=O) groups excluding carboxylic acids is 1. The Bertz CT molecular complexity index is 284. The molecule has 1 aromatic rings. The van der Waals surface area contributed by atoms with Crippen LogP contribution in [0.1, 0.15) is 15.9 Å². The fourth-order valence-electron chi connectivity index (χ4n) is 0.984. The van der Waals surface area contributed by atoms with Crippen molar-refractivity contribution in [3.63, 3.8) is 0 Å². The molecule has 0 aromatic heterocycles. The van der Waals surface area contributed by atoms with Crippen LogP contribution in [0.4, 0.5) is 0 Å². The van der Waals surface area contributed by atoms with Gasteiger partial charge in [-0.25, -0.2) is 0 Å². The Balaban J connectivity index is 2.75. The van der Waals surface area contributed by atoms with Crippen molar-refractivity contribution in [3.8, 4) is 0 Å². The molecule has 0 aliphatic heterocycles. The van der Waals surface area contributed by atoms with Gasteiger partial charge in [-0.2, -0.15) is 0 Å². The molecule has 2 nitrogen and oxygen atoms in total. The number of carbonyl (C=O) groups is 1. The van der Waals surface area contributed by atoms with E-state index < -0.39 is 20.6 Å². The van der Waals surface area contributed by atoms with Crippen molar-refractivity contribution < 1.29 is 9.53 Å². The Morgan fingerprint density at radius 1 is 1.46 bits per heavy atom. The molecule has 0 heterocycles. The van der Waals surface area contributed by atoms with Crippen molar-refractivity contribution in [1.29, 1.82) is 0 Å². The maximum absolute atomic E-state index is 11.1. The predicted molar refractivity (Wildman–Crippen MR) is 56.2 cm³/mol. The SMILES string of the molecule is COC(=O)c1ccc([CH2][In][Br])cc1. The summed E-state index contributed by atoms with van der Waals surface area (Å²) in [4.78, 5) is 11.1. The molecular weight excluding hydrogens is 335 g/mol. The van der Waals surface area contributed by atoms with Gasteiger partial charge >= 0.3 is 95.1 Å². The number of esters is 1. The second-order valence-electron chi connectivity index (χ2n) is 2.55. The van der Waals surface area contributed by atoms with Crippen LogP contribution < -0.4 is 0 Å². The van der Waals surface area contributed by atoms with E-state index in [2.05, 4.69) is 17.0 Å². The molecule has 0 aliphatic carbocycles. The summed E-state index contributed by atoms with van der Waals surface area (Å²) < 4.78 is 5.76. The molecule has 13 heavy (non-hydrogen) atoms. The van der Waals surface area contributed by atoms with Crippen molar-refractivity contribution in [3.05, 3.63) is 35.4 Å². The number of ether oxygens (including phenoxy) is 1. The molecule has 0 atom stereocenters. The number of halogens is 1. The Labute approximate surface area is 94.5 Å². The van der Waals surface area contributed by atoms with Crippen molar-refractivity contribution in [2.45, 2.75) is 4.18 Å². The third kappa shape index (κ3) is 3.35. The Hall–Kier alpha value is 0.0401. The van der Waals surface area contributed by atoms with E-state index in [1.54, 1.807) is 0 Å². The first-order valence-electron chi connectivity index (χ1n) is 3.87. The van der Waals surface area contributed by atoms with Crippen molar-refractivity contribution in [2.75, 3.05) is 7.11 Å². The van der Waals surface area contributed by atoms with Crippen LogP contribution in [0.3, 0.4) is 0 Å². The molecule has 1 radical (unpaired) electrons. The summed E-state index contributed by atoms with van der Waals surface area (Å²) in [7, 11) is 1.39. The monoisotopic (exact) mass is 343 g/mol. The normalized spacial score (nSPS) is 9.38. The Morgan fingerprint density at radius 2 is 2.08 bits per heavy atom. The summed E-state index contributed by atoms with van der Waals surface area (Å²) in [5.74, 6) is -0.271. The fraction of sp³-hybridized carbons (Fsp3) is 0.222. The summed E-state index contributed by atoms with van der Waals surface area (Å²) in [5, 5.41) is 0. The predicted octanol–water partition coefficient (Wildman–Crippen LogP) is 1.99. The van der Waals surface area contributed by atoms with Gasteiger partial charge in [-0.05, 0) is 0 Å². The molecule has 0 N–H and O–H groups in total. The quantitative estimate of drug-likeness (QED) is 0.785. The standard InChI is InChI=1S/C9H9O2.BrH.In/c1-7-3-5-8(6-4-7)9(10)11-2;;/h3-6H,1H2,2H3;1H;/q;;+1/p-1. The number of benzene rings is 1. The van der Waals surface area contributed by atoms with Gasteiger partial charge in [-0.15, -0.1) is 0 Å². The van der Waals surface area contributed by atoms with Crippen LogP contribution in [0.15, 0.2) is 24.3 Å². The van der Waals surface area contributed by atoms with Gasteiger partial charge in [0.25, 0.3) is 0 Å². The molecule has 0 unspecified atom stereocenters. The van der Waals surface area contributed by atoms with E-state index in [1.807, 2.05) is 24.3 Å². The van der Waals surface area contributed by atoms with Crippen LogP contribution in [0.5, 0.6) is 0 Å². The minimum atomic E-state index is -0.515. The zero-order valence-electron chi connectivity index (χ0n) is 7.29. The average molecular weight is 344 g/mol. The van der Waals surface area contributed by atoms with E-state index in [9.17, 15) is 4.79 Å². The van der Waals surface area contributed by atoms with Crippen molar-refractivity contribution >= 4 is 38.8 Å². The zero-order valence-corrected chi connectivity index (χ0v) is 12.2. The molecule has 0 saturated carbocycles. The van der Waals surface area contributed by atoms with Crippen molar-refractivity contribution in [1.82, 2.24) is 0 Å². The van der Waals surface area contributed by atoms with E-state index >= 15 is 0 Å². The third-order valence-electron chi connectivity index (χ3n) is 1.69. The maximum atomic E-state index is 11.1. The first kappa shape index (κ1) is 11.1. The van der Waals surface area contributed by atoms with Gasteiger partial charge in [0.1, 0.15) is 0 Å². The van der Waals surface area contributed by atoms with Gasteiger partial charge in [-0.1, -0.05) is 0 Å². The van der Waals surface area contributed by atoms with E-state index in [4.69, 9.17) is 0 Å². The number of methoxy groups -OCH3 is 1. The van der Waals surface area contributed by atoms with E-state index in [0.717, 1.165) is 4.18 Å². The van der Waals surface area contributed by atoms with Gasteiger partial charge < -0.3 is 0 Å². The van der Waals surface area contributed by atoms with Crippen LogP contribution in [-0.4, -0.2) is 33.7 Å². The molecule has 1 rings (SSSR count). The summed E-state index contributed by atoms with van der Waals surface area (Å²) in [6.07, 6.45) is 0. The minimum absolute atomic E-state index is 0.271. The molecule has 1 aromatic carbocycles. The van der Waals surface area contributed by atoms with Crippen LogP contribution >= 0.6 is 12.3 Å². The Morgan fingerprint density at radius 3 is 2.54 bits per heavy atom. The summed E-state index contributed by atoms with van der Waals surface area (Å²) in [5.41, 5.74) is 1.92. The second kappa shape index (κ2) is 5.70. The first-order valence-corrected chi connectivity index (χ1v) is 13.6. The summed E-state index contributed by atoms with van der Waals surface area (Å²) >= 11 is 3.03. The van der Waals surface area contributed by atoms with E-state index in [0.29, 0.717) is 5.56 Å². The first-order chi connectivity index (χ1) is 6.27. The average Bonchev–Trinajstić information content (AvgIpc) is 2.18. The Kier molecular flexibility index (Phi) is 4.88. The second-order valence-corrected chi connectivity index (χ2v) is 8.94. The van der Waals surface area contributed by atoms with Crippen LogP contribution in [-0.2, 0) is 8.91 Å². The van der Waals surface area contributed by atoms with Crippen molar-refractivity contribution in [2.24, 2.45) is 0 Å². The topological polar surface area (TPSA) is 26.3 Å². The molecule has 4 heteroatoms. The van der Waals surface area contributed by atoms with E-state index in [-0.39, 0.29) is 5.97 Å².